The van der Waals surface area contributed by atoms with Crippen molar-refractivity contribution in [1.82, 2.24) is 0 Å². The van der Waals surface area contributed by atoms with Gasteiger partial charge in [-0.3, -0.25) is 4.79 Å². The van der Waals surface area contributed by atoms with E-state index >= 15 is 0 Å². The zero-order valence-corrected chi connectivity index (χ0v) is 21.4. The van der Waals surface area contributed by atoms with Crippen LogP contribution < -0.4 is 4.74 Å². The lowest BCUT2D eigenvalue weighted by Crippen LogP contribution is -2.34. The number of carbonyl (C=O) groups excluding carboxylic acids is 1. The van der Waals surface area contributed by atoms with Crippen molar-refractivity contribution in [3.05, 3.63) is 47.5 Å². The summed E-state index contributed by atoms with van der Waals surface area (Å²) in [6, 6.07) is 4.94. The Kier molecular flexibility index (Phi) is 10.4. The van der Waals surface area contributed by atoms with Gasteiger partial charge < -0.3 is 35.0 Å². The number of aromatic hydroxyl groups is 5. The molecule has 2 atom stereocenters. The predicted octanol–water partition coefficient (Wildman–Crippen LogP) is 6.28. The summed E-state index contributed by atoms with van der Waals surface area (Å²) in [5, 5.41) is 49.8. The molecule has 202 valence electrons. The number of phenols is 5. The lowest BCUT2D eigenvalue weighted by Gasteiger charge is -2.34. The van der Waals surface area contributed by atoms with E-state index in [0.717, 1.165) is 19.3 Å². The van der Waals surface area contributed by atoms with E-state index in [0.29, 0.717) is 12.0 Å². The van der Waals surface area contributed by atoms with Crippen LogP contribution in [0.4, 0.5) is 0 Å². The van der Waals surface area contributed by atoms with Gasteiger partial charge in [0, 0.05) is 36.1 Å². The average molecular weight is 515 g/mol. The largest absolute Gasteiger partial charge is 0.508 e. The fraction of sp³-hybridized carbons (Fsp3) is 0.483. The smallest absolute Gasteiger partial charge is 0.306 e. The van der Waals surface area contributed by atoms with Gasteiger partial charge in [-0.25, -0.2) is 0 Å². The summed E-state index contributed by atoms with van der Waals surface area (Å²) in [6.45, 7) is 2.21. The Morgan fingerprint density at radius 1 is 0.892 bits per heavy atom. The first kappa shape index (κ1) is 28.0. The SMILES string of the molecule is CCCCCCC/C=C/CCCCC(=O)O[C@@H]1Cc2c(O)cc(O)cc2O[C@@H]1c1cc(O)c(O)c(O)c1. The minimum Gasteiger partial charge on any atom is -0.508 e. The van der Waals surface area contributed by atoms with Gasteiger partial charge in [0.2, 0.25) is 0 Å². The standard InChI is InChI=1S/C29H38O8/c1-2-3-4-5-6-7-8-9-10-11-12-13-27(34)36-26-18-21-22(31)16-20(30)17-25(21)37-29(26)19-14-23(32)28(35)24(33)15-19/h8-9,14-17,26,29-33,35H,2-7,10-13,18H2,1H3/b9-8+/t26-,29-/m1/s1. The summed E-state index contributed by atoms with van der Waals surface area (Å²) >= 11 is 0. The van der Waals surface area contributed by atoms with Crippen LogP contribution in [0.25, 0.3) is 0 Å². The number of esters is 1. The first-order valence-electron chi connectivity index (χ1n) is 13.1. The minimum absolute atomic E-state index is 0.0985. The van der Waals surface area contributed by atoms with Crippen molar-refractivity contribution in [2.45, 2.75) is 89.8 Å². The van der Waals surface area contributed by atoms with Crippen molar-refractivity contribution in [2.24, 2.45) is 0 Å². The first-order valence-corrected chi connectivity index (χ1v) is 13.1. The van der Waals surface area contributed by atoms with Crippen LogP contribution in [-0.2, 0) is 16.0 Å². The first-order chi connectivity index (χ1) is 17.8. The molecule has 0 aromatic heterocycles. The topological polar surface area (TPSA) is 137 Å². The molecule has 5 N–H and O–H groups in total. The second-order valence-corrected chi connectivity index (χ2v) is 9.54. The van der Waals surface area contributed by atoms with Crippen LogP contribution >= 0.6 is 0 Å². The highest BCUT2D eigenvalue weighted by molar-refractivity contribution is 5.70. The van der Waals surface area contributed by atoms with E-state index in [1.165, 1.54) is 56.4 Å². The molecule has 0 aliphatic carbocycles. The van der Waals surface area contributed by atoms with Gasteiger partial charge in [0.15, 0.2) is 23.4 Å². The summed E-state index contributed by atoms with van der Waals surface area (Å²) in [6.07, 6.45) is 12.7. The van der Waals surface area contributed by atoms with Crippen LogP contribution in [0.2, 0.25) is 0 Å². The summed E-state index contributed by atoms with van der Waals surface area (Å²) in [7, 11) is 0. The second-order valence-electron chi connectivity index (χ2n) is 9.54. The lowest BCUT2D eigenvalue weighted by molar-refractivity contribution is -0.155. The highest BCUT2D eigenvalue weighted by Crippen LogP contribution is 2.45. The summed E-state index contributed by atoms with van der Waals surface area (Å²) in [4.78, 5) is 12.7. The number of hydrogen-bond donors (Lipinski definition) is 5. The number of hydrogen-bond acceptors (Lipinski definition) is 8. The monoisotopic (exact) mass is 514 g/mol. The summed E-state index contributed by atoms with van der Waals surface area (Å²) in [5.74, 6) is -2.40. The normalized spacial score (nSPS) is 16.9. The molecule has 0 saturated heterocycles. The zero-order valence-electron chi connectivity index (χ0n) is 21.4. The number of unbranched alkanes of at least 4 members (excludes halogenated alkanes) is 7. The fourth-order valence-corrected chi connectivity index (χ4v) is 4.48. The van der Waals surface area contributed by atoms with Gasteiger partial charge >= 0.3 is 5.97 Å². The molecule has 1 aliphatic heterocycles. The van der Waals surface area contributed by atoms with Gasteiger partial charge in [-0.2, -0.15) is 0 Å². The Hall–Kier alpha value is -3.55. The Morgan fingerprint density at radius 2 is 1.54 bits per heavy atom. The van der Waals surface area contributed by atoms with E-state index in [1.54, 1.807) is 0 Å². The number of fused-ring (bicyclic) bond motifs is 1. The fourth-order valence-electron chi connectivity index (χ4n) is 4.48. The molecule has 8 nitrogen and oxygen atoms in total. The van der Waals surface area contributed by atoms with Crippen LogP contribution in [0, 0.1) is 0 Å². The third kappa shape index (κ3) is 7.97. The quantitative estimate of drug-likeness (QED) is 0.0912. The molecule has 0 bridgehead atoms. The molecule has 8 heteroatoms. The lowest BCUT2D eigenvalue weighted by atomic mass is 9.93. The average Bonchev–Trinajstić information content (AvgIpc) is 2.85. The van der Waals surface area contributed by atoms with Gasteiger partial charge in [0.05, 0.1) is 0 Å². The van der Waals surface area contributed by atoms with Crippen LogP contribution in [-0.4, -0.2) is 37.6 Å². The van der Waals surface area contributed by atoms with E-state index in [2.05, 4.69) is 19.1 Å². The number of allylic oxidation sites excluding steroid dienone is 2. The van der Waals surface area contributed by atoms with E-state index < -0.39 is 35.4 Å². The van der Waals surface area contributed by atoms with Crippen LogP contribution in [0.1, 0.15) is 88.4 Å². The maximum atomic E-state index is 12.7. The van der Waals surface area contributed by atoms with Gasteiger partial charge in [-0.15, -0.1) is 0 Å². The minimum atomic E-state index is -0.949. The third-order valence-electron chi connectivity index (χ3n) is 6.51. The van der Waals surface area contributed by atoms with Gasteiger partial charge in [-0.1, -0.05) is 44.8 Å². The van der Waals surface area contributed by atoms with Crippen LogP contribution in [0.15, 0.2) is 36.4 Å². The molecule has 0 unspecified atom stereocenters. The Bertz CT molecular complexity index is 1050. The molecule has 1 heterocycles. The van der Waals surface area contributed by atoms with E-state index in [9.17, 15) is 30.3 Å². The molecule has 2 aromatic rings. The Morgan fingerprint density at radius 3 is 2.22 bits per heavy atom. The molecule has 37 heavy (non-hydrogen) atoms. The molecular formula is C29H38O8. The number of carbonyl (C=O) groups is 1. The van der Waals surface area contributed by atoms with Gasteiger partial charge in [-0.05, 0) is 44.2 Å². The number of benzene rings is 2. The molecule has 3 rings (SSSR count). The molecule has 0 spiro atoms. The van der Waals surface area contributed by atoms with Gasteiger partial charge in [0.25, 0.3) is 0 Å². The maximum Gasteiger partial charge on any atom is 0.306 e. The van der Waals surface area contributed by atoms with Gasteiger partial charge in [0.1, 0.15) is 23.4 Å². The highest BCUT2D eigenvalue weighted by atomic mass is 16.6. The Balaban J connectivity index is 1.58. The predicted molar refractivity (Wildman–Crippen MR) is 139 cm³/mol. The summed E-state index contributed by atoms with van der Waals surface area (Å²) in [5.41, 5.74) is 0.637. The third-order valence-corrected chi connectivity index (χ3v) is 6.51. The highest BCUT2D eigenvalue weighted by Gasteiger charge is 2.36. The molecule has 0 radical (unpaired) electrons. The number of phenolic OH excluding ortho intramolecular Hbond substituents is 5. The van der Waals surface area contributed by atoms with Crippen molar-refractivity contribution in [1.29, 1.82) is 0 Å². The van der Waals surface area contributed by atoms with Crippen LogP contribution in [0.3, 0.4) is 0 Å². The molecule has 2 aromatic carbocycles. The molecule has 0 fully saturated rings. The molecule has 0 amide bonds. The van der Waals surface area contributed by atoms with Crippen molar-refractivity contribution in [3.63, 3.8) is 0 Å². The van der Waals surface area contributed by atoms with E-state index in [1.807, 2.05) is 0 Å². The molecule has 0 saturated carbocycles. The number of rotatable bonds is 13. The van der Waals surface area contributed by atoms with E-state index in [4.69, 9.17) is 9.47 Å². The number of ether oxygens (including phenoxy) is 2. The maximum absolute atomic E-state index is 12.7. The van der Waals surface area contributed by atoms with E-state index in [-0.39, 0.29) is 35.7 Å². The van der Waals surface area contributed by atoms with Crippen molar-refractivity contribution < 1.29 is 39.8 Å². The molecular weight excluding hydrogens is 476 g/mol. The second kappa shape index (κ2) is 13.7. The van der Waals surface area contributed by atoms with Crippen LogP contribution in [0.5, 0.6) is 34.5 Å². The van der Waals surface area contributed by atoms with Crippen molar-refractivity contribution in [2.75, 3.05) is 0 Å². The van der Waals surface area contributed by atoms with Crippen molar-refractivity contribution >= 4 is 5.97 Å². The zero-order chi connectivity index (χ0) is 26.8. The Labute approximate surface area is 217 Å². The summed E-state index contributed by atoms with van der Waals surface area (Å²) < 4.78 is 11.7. The molecule has 1 aliphatic rings. The van der Waals surface area contributed by atoms with Crippen molar-refractivity contribution in [3.8, 4) is 34.5 Å².